The first kappa shape index (κ1) is 25.1. The Kier molecular flexibility index (Phi) is 8.20. The number of hydrogen-bond acceptors (Lipinski definition) is 6. The van der Waals surface area contributed by atoms with Crippen LogP contribution >= 0.6 is 0 Å². The molecule has 0 heterocycles. The van der Waals surface area contributed by atoms with Crippen LogP contribution < -0.4 is 23.7 Å². The van der Waals surface area contributed by atoms with E-state index in [1.807, 2.05) is 49.4 Å². The monoisotopic (exact) mass is 483 g/mol. The summed E-state index contributed by atoms with van der Waals surface area (Å²) in [6.07, 6.45) is 3.82. The minimum absolute atomic E-state index is 0.0885. The molecule has 34 heavy (non-hydrogen) atoms. The third-order valence-corrected chi connectivity index (χ3v) is 6.66. The number of ether oxygens (including phenoxy) is 4. The Hall–Kier alpha value is -3.49. The van der Waals surface area contributed by atoms with Crippen molar-refractivity contribution in [3.8, 4) is 23.0 Å². The fourth-order valence-electron chi connectivity index (χ4n) is 3.40. The van der Waals surface area contributed by atoms with Crippen molar-refractivity contribution in [3.63, 3.8) is 0 Å². The Labute approximate surface area is 201 Å². The van der Waals surface area contributed by atoms with Gasteiger partial charge in [-0.05, 0) is 54.4 Å². The van der Waals surface area contributed by atoms with Crippen LogP contribution in [0.2, 0.25) is 0 Å². The van der Waals surface area contributed by atoms with Gasteiger partial charge in [-0.2, -0.15) is 0 Å². The number of nitrogens with one attached hydrogen (secondary N) is 1. The Bertz CT molecular complexity index is 1240. The third-order valence-electron chi connectivity index (χ3n) is 5.24. The summed E-state index contributed by atoms with van der Waals surface area (Å²) < 4.78 is 49.6. The average molecular weight is 484 g/mol. The minimum Gasteiger partial charge on any atom is -0.496 e. The number of sulfonamides is 1. The van der Waals surface area contributed by atoms with E-state index in [1.165, 1.54) is 0 Å². The summed E-state index contributed by atoms with van der Waals surface area (Å²) >= 11 is 0. The summed E-state index contributed by atoms with van der Waals surface area (Å²) in [6.45, 7) is 2.00. The lowest BCUT2D eigenvalue weighted by Gasteiger charge is -2.13. The van der Waals surface area contributed by atoms with Crippen LogP contribution in [-0.4, -0.2) is 36.9 Å². The molecule has 0 radical (unpaired) electrons. The quantitative estimate of drug-likeness (QED) is 0.422. The zero-order chi connectivity index (χ0) is 24.7. The van der Waals surface area contributed by atoms with E-state index in [0.29, 0.717) is 28.6 Å². The molecule has 0 atom stereocenters. The van der Waals surface area contributed by atoms with Crippen LogP contribution in [0.4, 0.5) is 0 Å². The van der Waals surface area contributed by atoms with Crippen molar-refractivity contribution < 1.29 is 27.4 Å². The molecule has 180 valence electrons. The van der Waals surface area contributed by atoms with Gasteiger partial charge in [-0.1, -0.05) is 35.9 Å². The van der Waals surface area contributed by atoms with Gasteiger partial charge >= 0.3 is 0 Å². The van der Waals surface area contributed by atoms with Gasteiger partial charge in [0.25, 0.3) is 0 Å². The molecule has 7 nitrogen and oxygen atoms in total. The van der Waals surface area contributed by atoms with Crippen molar-refractivity contribution in [2.75, 3.05) is 28.4 Å². The van der Waals surface area contributed by atoms with Gasteiger partial charge in [0.15, 0.2) is 11.5 Å². The highest BCUT2D eigenvalue weighted by atomic mass is 32.2. The van der Waals surface area contributed by atoms with Crippen LogP contribution in [0.5, 0.6) is 23.0 Å². The summed E-state index contributed by atoms with van der Waals surface area (Å²) in [4.78, 5) is 0.218. The fourth-order valence-corrected chi connectivity index (χ4v) is 4.41. The maximum Gasteiger partial charge on any atom is 0.240 e. The first-order valence-corrected chi connectivity index (χ1v) is 12.0. The predicted molar refractivity (Wildman–Crippen MR) is 133 cm³/mol. The smallest absolute Gasteiger partial charge is 0.240 e. The van der Waals surface area contributed by atoms with E-state index >= 15 is 0 Å². The molecule has 0 amide bonds. The van der Waals surface area contributed by atoms with Gasteiger partial charge in [-0.25, -0.2) is 13.1 Å². The minimum atomic E-state index is -3.65. The first-order chi connectivity index (χ1) is 16.3. The summed E-state index contributed by atoms with van der Waals surface area (Å²) in [5, 5.41) is 0. The Morgan fingerprint density at radius 2 is 1.32 bits per heavy atom. The Balaban J connectivity index is 1.84. The van der Waals surface area contributed by atoms with Crippen molar-refractivity contribution in [3.05, 3.63) is 76.9 Å². The Morgan fingerprint density at radius 3 is 1.88 bits per heavy atom. The van der Waals surface area contributed by atoms with Crippen molar-refractivity contribution in [1.82, 2.24) is 4.72 Å². The fraction of sp³-hybridized carbons (Fsp3) is 0.231. The van der Waals surface area contributed by atoms with E-state index in [2.05, 4.69) is 4.72 Å². The van der Waals surface area contributed by atoms with E-state index in [9.17, 15) is 8.42 Å². The molecule has 3 rings (SSSR count). The van der Waals surface area contributed by atoms with E-state index in [-0.39, 0.29) is 11.4 Å². The van der Waals surface area contributed by atoms with Gasteiger partial charge in [0.05, 0.1) is 33.3 Å². The van der Waals surface area contributed by atoms with E-state index in [0.717, 1.165) is 16.7 Å². The molecule has 3 aromatic carbocycles. The van der Waals surface area contributed by atoms with Gasteiger partial charge in [0, 0.05) is 12.1 Å². The standard InChI is InChI=1S/C26H29NO6S/c1-18-6-11-22(12-7-18)34(28,29)27-17-21-14-19(10-13-23(21)30-2)8-9-20-15-24(31-3)26(33-5)25(16-20)32-4/h6-16,27H,17H2,1-5H3/b9-8-. The lowest BCUT2D eigenvalue weighted by Crippen LogP contribution is -2.23. The number of benzene rings is 3. The summed E-state index contributed by atoms with van der Waals surface area (Å²) in [7, 11) is 2.59. The van der Waals surface area contributed by atoms with E-state index in [4.69, 9.17) is 18.9 Å². The first-order valence-electron chi connectivity index (χ1n) is 10.5. The normalized spacial score (nSPS) is 11.4. The predicted octanol–water partition coefficient (Wildman–Crippen LogP) is 4.68. The molecule has 0 bridgehead atoms. The van der Waals surface area contributed by atoms with Crippen LogP contribution in [0.3, 0.4) is 0 Å². The van der Waals surface area contributed by atoms with Gasteiger partial charge in [0.2, 0.25) is 15.8 Å². The largest absolute Gasteiger partial charge is 0.496 e. The molecule has 0 aliphatic heterocycles. The van der Waals surface area contributed by atoms with Gasteiger partial charge < -0.3 is 18.9 Å². The maximum absolute atomic E-state index is 12.7. The van der Waals surface area contributed by atoms with Crippen LogP contribution in [0.1, 0.15) is 22.3 Å². The topological polar surface area (TPSA) is 83.1 Å². The lowest BCUT2D eigenvalue weighted by molar-refractivity contribution is 0.324. The van der Waals surface area contributed by atoms with Gasteiger partial charge in [0.1, 0.15) is 5.75 Å². The average Bonchev–Trinajstić information content (AvgIpc) is 2.85. The molecule has 0 aliphatic carbocycles. The van der Waals surface area contributed by atoms with Crippen LogP contribution in [-0.2, 0) is 16.6 Å². The highest BCUT2D eigenvalue weighted by Gasteiger charge is 2.15. The van der Waals surface area contributed by atoms with Crippen LogP contribution in [0, 0.1) is 6.92 Å². The van der Waals surface area contributed by atoms with Gasteiger partial charge in [-0.3, -0.25) is 0 Å². The zero-order valence-electron chi connectivity index (χ0n) is 19.9. The summed E-state index contributed by atoms with van der Waals surface area (Å²) in [6, 6.07) is 16.0. The van der Waals surface area contributed by atoms with E-state index in [1.54, 1.807) is 52.7 Å². The number of aryl methyl sites for hydroxylation is 1. The molecule has 0 aliphatic rings. The molecule has 0 aromatic heterocycles. The van der Waals surface area contributed by atoms with Crippen molar-refractivity contribution in [1.29, 1.82) is 0 Å². The van der Waals surface area contributed by atoms with Crippen molar-refractivity contribution >= 4 is 22.2 Å². The van der Waals surface area contributed by atoms with Gasteiger partial charge in [-0.15, -0.1) is 0 Å². The number of hydrogen-bond donors (Lipinski definition) is 1. The molecule has 0 spiro atoms. The second-order valence-corrected chi connectivity index (χ2v) is 9.27. The number of rotatable bonds is 10. The highest BCUT2D eigenvalue weighted by molar-refractivity contribution is 7.89. The summed E-state index contributed by atoms with van der Waals surface area (Å²) in [5.41, 5.74) is 3.43. The second-order valence-electron chi connectivity index (χ2n) is 7.50. The molecule has 0 unspecified atom stereocenters. The van der Waals surface area contributed by atoms with Crippen LogP contribution in [0.15, 0.2) is 59.5 Å². The lowest BCUT2D eigenvalue weighted by atomic mass is 10.1. The molecule has 0 saturated carbocycles. The molecular weight excluding hydrogens is 454 g/mol. The zero-order valence-corrected chi connectivity index (χ0v) is 20.7. The molecular formula is C26H29NO6S. The van der Waals surface area contributed by atoms with E-state index < -0.39 is 10.0 Å². The highest BCUT2D eigenvalue weighted by Crippen LogP contribution is 2.38. The molecule has 0 fully saturated rings. The van der Waals surface area contributed by atoms with Crippen LogP contribution in [0.25, 0.3) is 12.2 Å². The molecule has 1 N–H and O–H groups in total. The molecule has 3 aromatic rings. The summed E-state index contributed by atoms with van der Waals surface area (Å²) in [5.74, 6) is 2.23. The SMILES string of the molecule is COc1ccc(/C=C\c2cc(OC)c(OC)c(OC)c2)cc1CNS(=O)(=O)c1ccc(C)cc1. The third kappa shape index (κ3) is 5.89. The number of methoxy groups -OCH3 is 4. The van der Waals surface area contributed by atoms with Crippen molar-refractivity contribution in [2.24, 2.45) is 0 Å². The Morgan fingerprint density at radius 1 is 0.735 bits per heavy atom. The molecule has 0 saturated heterocycles. The molecule has 8 heteroatoms. The maximum atomic E-state index is 12.7. The second kappa shape index (κ2) is 11.1. The van der Waals surface area contributed by atoms with Crippen molar-refractivity contribution in [2.45, 2.75) is 18.4 Å².